The lowest BCUT2D eigenvalue weighted by Gasteiger charge is -2.11. The molecule has 0 radical (unpaired) electrons. The van der Waals surface area contributed by atoms with Gasteiger partial charge in [0.1, 0.15) is 0 Å². The highest BCUT2D eigenvalue weighted by Crippen LogP contribution is 2.45. The average molecular weight is 682 g/mol. The van der Waals surface area contributed by atoms with Gasteiger partial charge in [0.25, 0.3) is 0 Å². The van der Waals surface area contributed by atoms with Crippen molar-refractivity contribution in [1.29, 1.82) is 0 Å². The molecule has 0 atom stereocenters. The fourth-order valence-corrected chi connectivity index (χ4v) is 9.69. The van der Waals surface area contributed by atoms with Gasteiger partial charge in [-0.05, 0) is 46.2 Å². The summed E-state index contributed by atoms with van der Waals surface area (Å²) in [6, 6.07) is 50.9. The predicted molar refractivity (Wildman–Crippen MR) is 210 cm³/mol. The largest absolute Gasteiger partial charge is 0.208 e. The Labute approximate surface area is 294 Å². The van der Waals surface area contributed by atoms with Crippen LogP contribution in [-0.4, -0.2) is 15.0 Å². The van der Waals surface area contributed by atoms with Gasteiger partial charge in [0, 0.05) is 62.1 Å². The second-order valence-corrected chi connectivity index (χ2v) is 14.7. The smallest absolute Gasteiger partial charge is 0.165 e. The SMILES string of the molecule is Clc1cc(-c2nc(-c3ccc(-c4ccccc4)cc3)nc(-c3cccc4c3sc3ccccc34)n2)c2c(c1)sc1c3ccccc3ccc12. The molecule has 0 saturated heterocycles. The summed E-state index contributed by atoms with van der Waals surface area (Å²) in [5.74, 6) is 1.86. The van der Waals surface area contributed by atoms with Gasteiger partial charge in [0.2, 0.25) is 0 Å². The van der Waals surface area contributed by atoms with Crippen molar-refractivity contribution in [2.24, 2.45) is 0 Å². The highest BCUT2D eigenvalue weighted by atomic mass is 35.5. The minimum Gasteiger partial charge on any atom is -0.208 e. The minimum absolute atomic E-state index is 0.602. The van der Waals surface area contributed by atoms with Crippen LogP contribution in [0.2, 0.25) is 5.02 Å². The van der Waals surface area contributed by atoms with Crippen LogP contribution in [0.3, 0.4) is 0 Å². The number of hydrogen-bond acceptors (Lipinski definition) is 5. The molecular weight excluding hydrogens is 658 g/mol. The third-order valence-electron chi connectivity index (χ3n) is 9.20. The predicted octanol–water partition coefficient (Wildman–Crippen LogP) is 13.1. The van der Waals surface area contributed by atoms with Crippen molar-refractivity contribution in [3.8, 4) is 45.3 Å². The molecule has 10 rings (SSSR count). The first-order valence-corrected chi connectivity index (χ1v) is 18.1. The number of halogens is 1. The molecule has 0 aliphatic rings. The lowest BCUT2D eigenvalue weighted by molar-refractivity contribution is 1.08. The van der Waals surface area contributed by atoms with E-state index in [4.69, 9.17) is 26.6 Å². The molecule has 10 aromatic rings. The molecule has 3 heterocycles. The zero-order valence-electron chi connectivity index (χ0n) is 25.9. The van der Waals surface area contributed by atoms with E-state index < -0.39 is 0 Å². The molecule has 0 aliphatic carbocycles. The fourth-order valence-electron chi connectivity index (χ4n) is 6.89. The van der Waals surface area contributed by atoms with Gasteiger partial charge in [-0.15, -0.1) is 22.7 Å². The van der Waals surface area contributed by atoms with Crippen LogP contribution in [0.1, 0.15) is 0 Å². The summed E-state index contributed by atoms with van der Waals surface area (Å²) in [5.41, 5.74) is 5.12. The molecule has 230 valence electrons. The third-order valence-corrected chi connectivity index (χ3v) is 11.8. The normalized spacial score (nSPS) is 11.8. The van der Waals surface area contributed by atoms with Crippen LogP contribution >= 0.6 is 34.3 Å². The van der Waals surface area contributed by atoms with Crippen LogP contribution in [0.25, 0.3) is 96.4 Å². The van der Waals surface area contributed by atoms with Crippen LogP contribution in [0.4, 0.5) is 0 Å². The van der Waals surface area contributed by atoms with Gasteiger partial charge < -0.3 is 0 Å². The molecule has 0 amide bonds. The number of fused-ring (bicyclic) bond motifs is 8. The first-order valence-electron chi connectivity index (χ1n) is 16.0. The molecule has 0 unspecified atom stereocenters. The summed E-state index contributed by atoms with van der Waals surface area (Å²) in [6.45, 7) is 0. The second kappa shape index (κ2) is 11.3. The van der Waals surface area contributed by atoms with Crippen LogP contribution in [0, 0.1) is 0 Å². The molecule has 0 saturated carbocycles. The topological polar surface area (TPSA) is 38.7 Å². The monoisotopic (exact) mass is 681 g/mol. The van der Waals surface area contributed by atoms with E-state index in [0.29, 0.717) is 22.5 Å². The van der Waals surface area contributed by atoms with Crippen molar-refractivity contribution >= 4 is 85.4 Å². The summed E-state index contributed by atoms with van der Waals surface area (Å²) in [5, 5.41) is 7.83. The maximum Gasteiger partial charge on any atom is 0.165 e. The van der Waals surface area contributed by atoms with Gasteiger partial charge in [-0.2, -0.15) is 0 Å². The average Bonchev–Trinajstić information content (AvgIpc) is 3.73. The summed E-state index contributed by atoms with van der Waals surface area (Å²) >= 11 is 10.4. The summed E-state index contributed by atoms with van der Waals surface area (Å²) in [7, 11) is 0. The second-order valence-electron chi connectivity index (χ2n) is 12.1. The Morgan fingerprint density at radius 1 is 0.408 bits per heavy atom. The number of thiophene rings is 2. The molecule has 0 N–H and O–H groups in total. The molecule has 6 heteroatoms. The molecule has 3 aromatic heterocycles. The van der Waals surface area contributed by atoms with E-state index in [9.17, 15) is 0 Å². The van der Waals surface area contributed by atoms with E-state index >= 15 is 0 Å². The number of aromatic nitrogens is 3. The Bertz CT molecular complexity index is 2890. The van der Waals surface area contributed by atoms with Gasteiger partial charge in [-0.3, -0.25) is 0 Å². The van der Waals surface area contributed by atoms with Crippen molar-refractivity contribution in [2.45, 2.75) is 0 Å². The van der Waals surface area contributed by atoms with Gasteiger partial charge >= 0.3 is 0 Å². The maximum absolute atomic E-state index is 6.87. The summed E-state index contributed by atoms with van der Waals surface area (Å²) in [6.07, 6.45) is 0. The molecule has 0 aliphatic heterocycles. The molecule has 0 bridgehead atoms. The zero-order valence-corrected chi connectivity index (χ0v) is 28.3. The fraction of sp³-hybridized carbons (Fsp3) is 0. The van der Waals surface area contributed by atoms with Crippen LogP contribution in [0.15, 0.2) is 146 Å². The van der Waals surface area contributed by atoms with E-state index in [0.717, 1.165) is 37.0 Å². The van der Waals surface area contributed by atoms with Crippen molar-refractivity contribution in [3.05, 3.63) is 151 Å². The van der Waals surface area contributed by atoms with Crippen LogP contribution in [0.5, 0.6) is 0 Å². The maximum atomic E-state index is 6.87. The van der Waals surface area contributed by atoms with E-state index in [1.54, 1.807) is 22.7 Å². The molecule has 7 aromatic carbocycles. The molecule has 3 nitrogen and oxygen atoms in total. The molecule has 0 fully saturated rings. The minimum atomic E-state index is 0.602. The zero-order chi connectivity index (χ0) is 32.5. The Morgan fingerprint density at radius 3 is 1.92 bits per heavy atom. The van der Waals surface area contributed by atoms with Crippen LogP contribution < -0.4 is 0 Å². The van der Waals surface area contributed by atoms with Crippen molar-refractivity contribution in [2.75, 3.05) is 0 Å². The van der Waals surface area contributed by atoms with Crippen molar-refractivity contribution in [1.82, 2.24) is 15.0 Å². The van der Waals surface area contributed by atoms with E-state index in [-0.39, 0.29) is 0 Å². The Hall–Kier alpha value is -5.46. The molecule has 49 heavy (non-hydrogen) atoms. The highest BCUT2D eigenvalue weighted by molar-refractivity contribution is 7.27. The first-order chi connectivity index (χ1) is 24.2. The summed E-state index contributed by atoms with van der Waals surface area (Å²) in [4.78, 5) is 15.6. The van der Waals surface area contributed by atoms with Gasteiger partial charge in [-0.1, -0.05) is 133 Å². The standard InChI is InChI=1S/C43H24ClN3S2/c44-29-23-35(38-33-22-21-27-11-4-5-12-30(27)39(33)49-37(38)24-29)43-46-41(28-19-17-26(18-20-28)25-9-2-1-3-10-25)45-42(47-43)34-15-8-14-32-31-13-6-7-16-36(31)48-40(32)34/h1-24H. The van der Waals surface area contributed by atoms with E-state index in [1.807, 2.05) is 12.1 Å². The molecule has 0 spiro atoms. The van der Waals surface area contributed by atoms with Crippen molar-refractivity contribution in [3.63, 3.8) is 0 Å². The highest BCUT2D eigenvalue weighted by Gasteiger charge is 2.20. The Kier molecular flexibility index (Phi) is 6.59. The third kappa shape index (κ3) is 4.73. The summed E-state index contributed by atoms with van der Waals surface area (Å²) < 4.78 is 4.74. The van der Waals surface area contributed by atoms with Gasteiger partial charge in [0.05, 0.1) is 0 Å². The Morgan fingerprint density at radius 2 is 1.06 bits per heavy atom. The first kappa shape index (κ1) is 28.5. The van der Waals surface area contributed by atoms with Crippen LogP contribution in [-0.2, 0) is 0 Å². The Balaban J connectivity index is 1.24. The van der Waals surface area contributed by atoms with E-state index in [2.05, 4.69) is 133 Å². The van der Waals surface area contributed by atoms with Crippen molar-refractivity contribution < 1.29 is 0 Å². The van der Waals surface area contributed by atoms with Gasteiger partial charge in [-0.25, -0.2) is 15.0 Å². The lowest BCUT2D eigenvalue weighted by Crippen LogP contribution is -2.00. The van der Waals surface area contributed by atoms with Gasteiger partial charge in [0.15, 0.2) is 17.5 Å². The molecular formula is C43H24ClN3S2. The number of benzene rings is 7. The number of nitrogens with zero attached hydrogens (tertiary/aromatic N) is 3. The lowest BCUT2D eigenvalue weighted by atomic mass is 10.0. The quantitative estimate of drug-likeness (QED) is 0.186. The van der Waals surface area contributed by atoms with E-state index in [1.165, 1.54) is 41.9 Å². The number of rotatable bonds is 4. The number of hydrogen-bond donors (Lipinski definition) is 0.